The van der Waals surface area contributed by atoms with E-state index in [1.165, 1.54) is 6.07 Å². The second-order valence-corrected chi connectivity index (χ2v) is 7.70. The molecule has 1 unspecified atom stereocenters. The van der Waals surface area contributed by atoms with Gasteiger partial charge >= 0.3 is 5.97 Å². The summed E-state index contributed by atoms with van der Waals surface area (Å²) in [6, 6.07) is 10.1. The number of nitrogens with zero attached hydrogens (tertiary/aromatic N) is 2. The molecule has 0 spiro atoms. The number of pyridine rings is 1. The predicted molar refractivity (Wildman–Crippen MR) is 118 cm³/mol. The Morgan fingerprint density at radius 3 is 2.78 bits per heavy atom. The van der Waals surface area contributed by atoms with Gasteiger partial charge in [-0.3, -0.25) is 14.6 Å². The standard InChI is InChI=1S/C24H24N4O4/c1-2-3-12-32-24(31)17-4-6-18-16(13-17)5-7-20(18)26-22(29)19-14-21(27-28-23(19)30)15-8-10-25-11-9-15/h4,6,8-11,13-14,20H,2-3,5,7,12H2,1H3,(H,26,29)(H,28,30). The van der Waals surface area contributed by atoms with Gasteiger partial charge in [0.15, 0.2) is 0 Å². The van der Waals surface area contributed by atoms with Crippen LogP contribution in [0.1, 0.15) is 64.1 Å². The van der Waals surface area contributed by atoms with Crippen molar-refractivity contribution < 1.29 is 14.3 Å². The molecule has 32 heavy (non-hydrogen) atoms. The molecule has 2 heterocycles. The van der Waals surface area contributed by atoms with Gasteiger partial charge in [-0.1, -0.05) is 19.4 Å². The molecule has 2 aromatic heterocycles. The fourth-order valence-corrected chi connectivity index (χ4v) is 3.77. The fraction of sp³-hybridized carbons (Fsp3) is 0.292. The second-order valence-electron chi connectivity index (χ2n) is 7.70. The van der Waals surface area contributed by atoms with E-state index < -0.39 is 11.5 Å². The van der Waals surface area contributed by atoms with Crippen molar-refractivity contribution in [2.24, 2.45) is 0 Å². The van der Waals surface area contributed by atoms with Gasteiger partial charge in [0.2, 0.25) is 0 Å². The van der Waals surface area contributed by atoms with Crippen LogP contribution in [0.2, 0.25) is 0 Å². The van der Waals surface area contributed by atoms with Crippen molar-refractivity contribution in [3.05, 3.63) is 81.4 Å². The summed E-state index contributed by atoms with van der Waals surface area (Å²) in [5.74, 6) is -0.800. The highest BCUT2D eigenvalue weighted by Crippen LogP contribution is 2.32. The maximum absolute atomic E-state index is 12.9. The largest absolute Gasteiger partial charge is 0.462 e. The fourth-order valence-electron chi connectivity index (χ4n) is 3.77. The number of benzene rings is 1. The Bertz CT molecular complexity index is 1190. The molecule has 0 saturated carbocycles. The summed E-state index contributed by atoms with van der Waals surface area (Å²) in [4.78, 5) is 41.3. The van der Waals surface area contributed by atoms with Crippen LogP contribution in [0, 0.1) is 0 Å². The first-order valence-electron chi connectivity index (χ1n) is 10.7. The van der Waals surface area contributed by atoms with Crippen LogP contribution in [0.3, 0.4) is 0 Å². The zero-order valence-corrected chi connectivity index (χ0v) is 17.8. The number of rotatable bonds is 7. The van der Waals surface area contributed by atoms with Crippen molar-refractivity contribution in [3.8, 4) is 11.3 Å². The van der Waals surface area contributed by atoms with Gasteiger partial charge in [-0.05, 0) is 60.7 Å². The number of carbonyl (C=O) groups is 2. The summed E-state index contributed by atoms with van der Waals surface area (Å²) in [7, 11) is 0. The van der Waals surface area contributed by atoms with E-state index in [-0.39, 0.29) is 17.6 Å². The molecule has 3 aromatic rings. The number of hydrogen-bond acceptors (Lipinski definition) is 6. The first-order chi connectivity index (χ1) is 15.6. The minimum Gasteiger partial charge on any atom is -0.462 e. The van der Waals surface area contributed by atoms with Crippen molar-refractivity contribution in [2.75, 3.05) is 6.61 Å². The summed E-state index contributed by atoms with van der Waals surface area (Å²) in [5.41, 5.74) is 3.13. The Morgan fingerprint density at radius 1 is 1.19 bits per heavy atom. The number of H-pyrrole nitrogens is 1. The van der Waals surface area contributed by atoms with Gasteiger partial charge in [-0.25, -0.2) is 9.89 Å². The van der Waals surface area contributed by atoms with E-state index in [0.29, 0.717) is 24.3 Å². The first-order valence-corrected chi connectivity index (χ1v) is 10.7. The molecule has 8 heteroatoms. The molecular formula is C24H24N4O4. The quantitative estimate of drug-likeness (QED) is 0.438. The van der Waals surface area contributed by atoms with Gasteiger partial charge in [-0.15, -0.1) is 0 Å². The van der Waals surface area contributed by atoms with E-state index in [2.05, 4.69) is 20.5 Å². The molecule has 1 amide bonds. The molecule has 0 aliphatic heterocycles. The molecule has 0 saturated heterocycles. The summed E-state index contributed by atoms with van der Waals surface area (Å²) in [5, 5.41) is 9.36. The van der Waals surface area contributed by atoms with E-state index in [1.807, 2.05) is 19.1 Å². The molecule has 0 fully saturated rings. The molecule has 1 aliphatic carbocycles. The number of carbonyl (C=O) groups excluding carboxylic acids is 2. The van der Waals surface area contributed by atoms with Crippen molar-refractivity contribution in [3.63, 3.8) is 0 Å². The maximum Gasteiger partial charge on any atom is 0.338 e. The van der Waals surface area contributed by atoms with E-state index >= 15 is 0 Å². The lowest BCUT2D eigenvalue weighted by molar-refractivity contribution is 0.0499. The highest BCUT2D eigenvalue weighted by molar-refractivity contribution is 5.95. The van der Waals surface area contributed by atoms with Crippen LogP contribution in [0.4, 0.5) is 0 Å². The Balaban J connectivity index is 1.49. The summed E-state index contributed by atoms with van der Waals surface area (Å²) < 4.78 is 5.28. The molecule has 1 aliphatic rings. The molecule has 8 nitrogen and oxygen atoms in total. The highest BCUT2D eigenvalue weighted by atomic mass is 16.5. The van der Waals surface area contributed by atoms with Crippen LogP contribution in [0.5, 0.6) is 0 Å². The van der Waals surface area contributed by atoms with Gasteiger partial charge in [0.25, 0.3) is 11.5 Å². The van der Waals surface area contributed by atoms with Crippen molar-refractivity contribution in [2.45, 2.75) is 38.6 Å². The Morgan fingerprint density at radius 2 is 2.00 bits per heavy atom. The lowest BCUT2D eigenvalue weighted by Gasteiger charge is -2.14. The number of hydrogen-bond donors (Lipinski definition) is 2. The predicted octanol–water partition coefficient (Wildman–Crippen LogP) is 3.21. The number of aromatic nitrogens is 3. The summed E-state index contributed by atoms with van der Waals surface area (Å²) >= 11 is 0. The van der Waals surface area contributed by atoms with Crippen LogP contribution in [0.25, 0.3) is 11.3 Å². The Hall–Kier alpha value is -3.81. The first kappa shape index (κ1) is 21.4. The van der Waals surface area contributed by atoms with Crippen molar-refractivity contribution in [1.82, 2.24) is 20.5 Å². The number of unbranched alkanes of at least 4 members (excludes halogenated alkanes) is 1. The molecule has 1 atom stereocenters. The average molecular weight is 432 g/mol. The second kappa shape index (κ2) is 9.55. The zero-order chi connectivity index (χ0) is 22.5. The van der Waals surface area contributed by atoms with Gasteiger partial charge in [0, 0.05) is 18.0 Å². The molecule has 2 N–H and O–H groups in total. The normalized spacial score (nSPS) is 14.6. The third kappa shape index (κ3) is 4.59. The number of amides is 1. The SMILES string of the molecule is CCCCOC(=O)c1ccc2c(c1)CCC2NC(=O)c1cc(-c2ccncc2)n[nH]c1=O. The number of esters is 1. The smallest absolute Gasteiger partial charge is 0.338 e. The van der Waals surface area contributed by atoms with Crippen molar-refractivity contribution in [1.29, 1.82) is 0 Å². The average Bonchev–Trinajstić information content (AvgIpc) is 3.22. The minimum absolute atomic E-state index is 0.00335. The van der Waals surface area contributed by atoms with Crippen LogP contribution in [-0.4, -0.2) is 33.7 Å². The van der Waals surface area contributed by atoms with Gasteiger partial charge in [0.1, 0.15) is 5.56 Å². The van der Waals surface area contributed by atoms with Gasteiger partial charge in [-0.2, -0.15) is 5.10 Å². The van der Waals surface area contributed by atoms with Crippen LogP contribution in [0.15, 0.2) is 53.6 Å². The molecule has 1 aromatic carbocycles. The van der Waals surface area contributed by atoms with Gasteiger partial charge < -0.3 is 10.1 Å². The van der Waals surface area contributed by atoms with E-state index in [0.717, 1.165) is 36.0 Å². The van der Waals surface area contributed by atoms with Gasteiger partial charge in [0.05, 0.1) is 23.9 Å². The lowest BCUT2D eigenvalue weighted by atomic mass is 10.0. The summed E-state index contributed by atoms with van der Waals surface area (Å²) in [6.45, 7) is 2.45. The van der Waals surface area contributed by atoms with E-state index in [9.17, 15) is 14.4 Å². The molecule has 4 rings (SSSR count). The minimum atomic E-state index is -0.552. The maximum atomic E-state index is 12.9. The number of nitrogens with one attached hydrogen (secondary N) is 2. The topological polar surface area (TPSA) is 114 Å². The monoisotopic (exact) mass is 432 g/mol. The number of aromatic amines is 1. The molecule has 0 bridgehead atoms. The molecule has 0 radical (unpaired) electrons. The molecular weight excluding hydrogens is 408 g/mol. The summed E-state index contributed by atoms with van der Waals surface area (Å²) in [6.07, 6.45) is 6.45. The third-order valence-corrected chi connectivity index (χ3v) is 5.52. The van der Waals surface area contributed by atoms with Crippen LogP contribution in [-0.2, 0) is 11.2 Å². The number of aryl methyl sites for hydroxylation is 1. The molecule has 164 valence electrons. The number of fused-ring (bicyclic) bond motifs is 1. The van der Waals surface area contributed by atoms with Crippen LogP contribution >= 0.6 is 0 Å². The Kier molecular flexibility index (Phi) is 6.39. The highest BCUT2D eigenvalue weighted by Gasteiger charge is 2.26. The third-order valence-electron chi connectivity index (χ3n) is 5.52. The van der Waals surface area contributed by atoms with E-state index in [4.69, 9.17) is 4.74 Å². The van der Waals surface area contributed by atoms with E-state index in [1.54, 1.807) is 30.6 Å². The number of ether oxygens (including phenoxy) is 1. The zero-order valence-electron chi connectivity index (χ0n) is 17.8. The Labute approximate surface area is 185 Å². The van der Waals surface area contributed by atoms with Crippen molar-refractivity contribution >= 4 is 11.9 Å². The lowest BCUT2D eigenvalue weighted by Crippen LogP contribution is -2.32. The van der Waals surface area contributed by atoms with Crippen LogP contribution < -0.4 is 10.9 Å².